The monoisotopic (exact) mass is 481 g/mol. The molecule has 1 aliphatic heterocycles. The molecule has 1 aromatic heterocycles. The van der Waals surface area contributed by atoms with Gasteiger partial charge in [0.25, 0.3) is 0 Å². The highest BCUT2D eigenvalue weighted by atomic mass is 35.5. The summed E-state index contributed by atoms with van der Waals surface area (Å²) in [6.07, 6.45) is 4.85. The number of hydrogen-bond acceptors (Lipinski definition) is 7. The van der Waals surface area contributed by atoms with Gasteiger partial charge in [0.15, 0.2) is 17.3 Å². The van der Waals surface area contributed by atoms with Crippen LogP contribution in [0.5, 0.6) is 11.5 Å². The number of rotatable bonds is 8. The van der Waals surface area contributed by atoms with Crippen molar-refractivity contribution in [2.45, 2.75) is 25.7 Å². The Labute approximate surface area is 197 Å². The summed E-state index contributed by atoms with van der Waals surface area (Å²) in [7, 11) is 1.59. The molecule has 1 fully saturated rings. The minimum absolute atomic E-state index is 0. The number of fused-ring (bicyclic) bond motifs is 1. The van der Waals surface area contributed by atoms with Crippen molar-refractivity contribution in [2.24, 2.45) is 0 Å². The summed E-state index contributed by atoms with van der Waals surface area (Å²) in [5.41, 5.74) is 1.20. The van der Waals surface area contributed by atoms with Crippen molar-refractivity contribution in [1.82, 2.24) is 20.3 Å². The van der Waals surface area contributed by atoms with E-state index >= 15 is 0 Å². The van der Waals surface area contributed by atoms with E-state index in [4.69, 9.17) is 21.1 Å². The Hall–Kier alpha value is -2.42. The summed E-state index contributed by atoms with van der Waals surface area (Å²) in [5, 5.41) is 15.9. The van der Waals surface area contributed by atoms with Gasteiger partial charge in [0.1, 0.15) is 11.3 Å². The van der Waals surface area contributed by atoms with Gasteiger partial charge in [-0.2, -0.15) is 0 Å². The summed E-state index contributed by atoms with van der Waals surface area (Å²) in [6.45, 7) is 3.98. The first kappa shape index (κ1) is 24.2. The van der Waals surface area contributed by atoms with Gasteiger partial charge >= 0.3 is 0 Å². The van der Waals surface area contributed by atoms with Gasteiger partial charge in [0.2, 0.25) is 0 Å². The van der Waals surface area contributed by atoms with Crippen molar-refractivity contribution in [2.75, 3.05) is 38.7 Å². The number of anilines is 2. The Bertz CT molecular complexity index is 1050. The minimum atomic E-state index is -0.485. The van der Waals surface area contributed by atoms with E-state index in [0.29, 0.717) is 40.5 Å². The number of benzene rings is 2. The van der Waals surface area contributed by atoms with Crippen molar-refractivity contribution in [3.8, 4) is 11.5 Å². The molecule has 0 atom stereocenters. The lowest BCUT2D eigenvalue weighted by Crippen LogP contribution is -2.31. The maximum Gasteiger partial charge on any atom is 0.164 e. The van der Waals surface area contributed by atoms with Gasteiger partial charge in [-0.1, -0.05) is 18.0 Å². The molecule has 7 nitrogen and oxygen atoms in total. The van der Waals surface area contributed by atoms with Gasteiger partial charge in [-0.3, -0.25) is 0 Å². The zero-order chi connectivity index (χ0) is 21.6. The molecule has 0 aliphatic carbocycles. The first-order valence-electron chi connectivity index (χ1n) is 10.4. The van der Waals surface area contributed by atoms with Crippen LogP contribution in [-0.4, -0.2) is 53.7 Å². The Morgan fingerprint density at radius 1 is 1.09 bits per heavy atom. The smallest absolute Gasteiger partial charge is 0.164 e. The highest BCUT2D eigenvalue weighted by molar-refractivity contribution is 6.31. The molecular weight excluding hydrogens is 456 g/mol. The predicted octanol–water partition coefficient (Wildman–Crippen LogP) is 5.25. The maximum atomic E-state index is 13.4. The van der Waals surface area contributed by atoms with E-state index in [1.165, 1.54) is 44.5 Å². The number of likely N-dealkylation sites (tertiary alicyclic amines) is 1. The van der Waals surface area contributed by atoms with Crippen LogP contribution in [0.15, 0.2) is 30.3 Å². The summed E-state index contributed by atoms with van der Waals surface area (Å²) >= 11 is 5.87. The second-order valence-corrected chi connectivity index (χ2v) is 7.92. The Kier molecular flexibility index (Phi) is 8.67. The molecule has 4 rings (SSSR count). The summed E-state index contributed by atoms with van der Waals surface area (Å²) in [5.74, 6) is 1.18. The van der Waals surface area contributed by atoms with E-state index in [2.05, 4.69) is 25.6 Å². The largest absolute Gasteiger partial charge is 0.493 e. The molecule has 2 heterocycles. The zero-order valence-corrected chi connectivity index (χ0v) is 19.4. The normalized spacial score (nSPS) is 14.1. The van der Waals surface area contributed by atoms with Crippen LogP contribution in [0.4, 0.5) is 15.9 Å². The van der Waals surface area contributed by atoms with Crippen molar-refractivity contribution in [3.05, 3.63) is 41.2 Å². The van der Waals surface area contributed by atoms with Crippen LogP contribution in [0.2, 0.25) is 5.02 Å². The number of nitrogens with one attached hydrogen (secondary N) is 1. The number of nitrogens with zero attached hydrogens (tertiary/aromatic N) is 4. The molecule has 10 heteroatoms. The van der Waals surface area contributed by atoms with Crippen molar-refractivity contribution >= 4 is 46.4 Å². The predicted molar refractivity (Wildman–Crippen MR) is 126 cm³/mol. The van der Waals surface area contributed by atoms with E-state index in [9.17, 15) is 4.39 Å². The summed E-state index contributed by atoms with van der Waals surface area (Å²) in [6, 6.07) is 7.96. The molecule has 0 amide bonds. The van der Waals surface area contributed by atoms with E-state index in [-0.39, 0.29) is 17.4 Å². The molecule has 2 aromatic carbocycles. The van der Waals surface area contributed by atoms with E-state index in [1.54, 1.807) is 19.2 Å². The average molecular weight is 482 g/mol. The van der Waals surface area contributed by atoms with Gasteiger partial charge in [-0.25, -0.2) is 4.39 Å². The van der Waals surface area contributed by atoms with Crippen LogP contribution >= 0.6 is 24.0 Å². The number of methoxy groups -OCH3 is 1. The topological polar surface area (TPSA) is 72.4 Å². The number of aromatic nitrogens is 3. The molecule has 172 valence electrons. The zero-order valence-electron chi connectivity index (χ0n) is 17.8. The van der Waals surface area contributed by atoms with E-state index in [1.807, 2.05) is 6.07 Å². The number of ether oxygens (including phenoxy) is 2. The molecule has 32 heavy (non-hydrogen) atoms. The fourth-order valence-electron chi connectivity index (χ4n) is 3.72. The molecule has 0 bridgehead atoms. The lowest BCUT2D eigenvalue weighted by molar-refractivity contribution is 0.203. The first-order chi connectivity index (χ1) is 15.1. The highest BCUT2D eigenvalue weighted by Crippen LogP contribution is 2.34. The average Bonchev–Trinajstić information content (AvgIpc) is 2.79. The Balaban J connectivity index is 0.00000289. The Morgan fingerprint density at radius 2 is 1.91 bits per heavy atom. The van der Waals surface area contributed by atoms with Crippen LogP contribution in [-0.2, 0) is 0 Å². The molecule has 0 radical (unpaired) electrons. The van der Waals surface area contributed by atoms with Gasteiger partial charge < -0.3 is 19.7 Å². The molecule has 3 aromatic rings. The molecule has 1 aliphatic rings. The van der Waals surface area contributed by atoms with Crippen molar-refractivity contribution in [3.63, 3.8) is 0 Å². The quantitative estimate of drug-likeness (QED) is 0.440. The fraction of sp³-hybridized carbons (Fsp3) is 0.409. The number of piperidine rings is 1. The standard InChI is InChI=1S/C22H25ClFN5O2.ClH/c1-30-20-13-16-19(14-21(20)31-11-5-10-29-8-3-2-4-9-29)26-28-27-22(16)25-15-6-7-18(24)17(23)12-15;/h6-7,12-14H,2-5,8-11H2,1H3,(H,25,26,27);1H. The lowest BCUT2D eigenvalue weighted by Gasteiger charge is -2.26. The molecule has 1 saturated heterocycles. The fourth-order valence-corrected chi connectivity index (χ4v) is 3.90. The van der Waals surface area contributed by atoms with Crippen LogP contribution in [0.3, 0.4) is 0 Å². The van der Waals surface area contributed by atoms with Gasteiger partial charge in [-0.15, -0.1) is 22.6 Å². The van der Waals surface area contributed by atoms with Gasteiger partial charge in [0, 0.05) is 18.3 Å². The maximum absolute atomic E-state index is 13.4. The molecular formula is C22H26Cl2FN5O2. The van der Waals surface area contributed by atoms with Crippen molar-refractivity contribution < 1.29 is 13.9 Å². The molecule has 0 unspecified atom stereocenters. The lowest BCUT2D eigenvalue weighted by atomic mass is 10.1. The number of halogens is 3. The summed E-state index contributed by atoms with van der Waals surface area (Å²) < 4.78 is 25.0. The van der Waals surface area contributed by atoms with Crippen LogP contribution < -0.4 is 14.8 Å². The van der Waals surface area contributed by atoms with E-state index in [0.717, 1.165) is 13.0 Å². The highest BCUT2D eigenvalue weighted by Gasteiger charge is 2.14. The molecule has 0 spiro atoms. The third-order valence-electron chi connectivity index (χ3n) is 5.34. The minimum Gasteiger partial charge on any atom is -0.493 e. The molecule has 1 N–H and O–H groups in total. The third-order valence-corrected chi connectivity index (χ3v) is 5.63. The second kappa shape index (κ2) is 11.4. The van der Waals surface area contributed by atoms with Crippen LogP contribution in [0, 0.1) is 5.82 Å². The SMILES string of the molecule is COc1cc2c(Nc3ccc(F)c(Cl)c3)nnnc2cc1OCCCN1CCCCC1.Cl. The van der Waals surface area contributed by atoms with Gasteiger partial charge in [-0.05, 0) is 61.8 Å². The van der Waals surface area contributed by atoms with Crippen LogP contribution in [0.25, 0.3) is 10.9 Å². The summed E-state index contributed by atoms with van der Waals surface area (Å²) in [4.78, 5) is 2.49. The van der Waals surface area contributed by atoms with Crippen molar-refractivity contribution in [1.29, 1.82) is 0 Å². The third kappa shape index (κ3) is 5.88. The van der Waals surface area contributed by atoms with Crippen LogP contribution in [0.1, 0.15) is 25.7 Å². The number of hydrogen-bond donors (Lipinski definition) is 1. The van der Waals surface area contributed by atoms with E-state index < -0.39 is 5.82 Å². The first-order valence-corrected chi connectivity index (χ1v) is 10.8. The molecule has 0 saturated carbocycles. The second-order valence-electron chi connectivity index (χ2n) is 7.52. The van der Waals surface area contributed by atoms with Gasteiger partial charge in [0.05, 0.1) is 24.1 Å². The Morgan fingerprint density at radius 3 is 2.66 bits per heavy atom.